The Kier molecular flexibility index (Phi) is 3.07. The van der Waals surface area contributed by atoms with Gasteiger partial charge in [0.15, 0.2) is 0 Å². The van der Waals surface area contributed by atoms with Gasteiger partial charge < -0.3 is 15.0 Å². The number of amides is 1. The van der Waals surface area contributed by atoms with Crippen molar-refractivity contribution >= 4 is 22.5 Å². The maximum atomic E-state index is 12.3. The summed E-state index contributed by atoms with van der Waals surface area (Å²) >= 11 is 0. The quantitative estimate of drug-likeness (QED) is 0.778. The number of para-hydroxylation sites is 1. The molecule has 0 saturated heterocycles. The highest BCUT2D eigenvalue weighted by Crippen LogP contribution is 2.28. The molecule has 0 bridgehead atoms. The zero-order valence-corrected chi connectivity index (χ0v) is 12.1. The summed E-state index contributed by atoms with van der Waals surface area (Å²) in [5.74, 6) is 0.915. The molecule has 110 valence electrons. The second-order valence-electron chi connectivity index (χ2n) is 5.51. The van der Waals surface area contributed by atoms with Crippen LogP contribution in [-0.4, -0.2) is 17.5 Å². The van der Waals surface area contributed by atoms with E-state index in [4.69, 9.17) is 4.74 Å². The lowest BCUT2D eigenvalue weighted by Crippen LogP contribution is -2.14. The Labute approximate surface area is 128 Å². The molecule has 1 aliphatic heterocycles. The summed E-state index contributed by atoms with van der Waals surface area (Å²) in [6, 6.07) is 13.8. The van der Waals surface area contributed by atoms with E-state index < -0.39 is 0 Å². The third kappa shape index (κ3) is 2.33. The average Bonchev–Trinajstić information content (AvgIpc) is 3.14. The average molecular weight is 292 g/mol. The predicted molar refractivity (Wildman–Crippen MR) is 86.3 cm³/mol. The molecule has 2 aromatic carbocycles. The standard InChI is InChI=1S/C18H16N2O2/c21-18(10-13-11-19-16-4-2-1-3-15(13)16)20-14-5-6-17-12(9-14)7-8-22-17/h1-6,9,11,19H,7-8,10H2,(H,20,21). The summed E-state index contributed by atoms with van der Waals surface area (Å²) in [4.78, 5) is 15.5. The number of H-pyrrole nitrogens is 1. The Morgan fingerprint density at radius 1 is 1.23 bits per heavy atom. The molecule has 0 radical (unpaired) electrons. The summed E-state index contributed by atoms with van der Waals surface area (Å²) in [6.45, 7) is 0.724. The van der Waals surface area contributed by atoms with Gasteiger partial charge in [0.2, 0.25) is 5.91 Å². The van der Waals surface area contributed by atoms with Gasteiger partial charge in [-0.25, -0.2) is 0 Å². The minimum absolute atomic E-state index is 0.0105. The van der Waals surface area contributed by atoms with Crippen LogP contribution in [0.5, 0.6) is 5.75 Å². The second kappa shape index (κ2) is 5.22. The van der Waals surface area contributed by atoms with Crippen molar-refractivity contribution < 1.29 is 9.53 Å². The number of rotatable bonds is 3. The Hall–Kier alpha value is -2.75. The SMILES string of the molecule is O=C(Cc1c[nH]c2ccccc12)Nc1ccc2c(c1)CCO2. The van der Waals surface area contributed by atoms with Crippen LogP contribution in [0.2, 0.25) is 0 Å². The highest BCUT2D eigenvalue weighted by molar-refractivity contribution is 5.95. The molecule has 4 heteroatoms. The first-order valence-electron chi connectivity index (χ1n) is 7.40. The number of benzene rings is 2. The molecule has 0 spiro atoms. The van der Waals surface area contributed by atoms with Crippen LogP contribution in [0.1, 0.15) is 11.1 Å². The van der Waals surface area contributed by atoms with E-state index in [1.54, 1.807) is 0 Å². The van der Waals surface area contributed by atoms with E-state index in [9.17, 15) is 4.79 Å². The van der Waals surface area contributed by atoms with Gasteiger partial charge in [-0.2, -0.15) is 0 Å². The Morgan fingerprint density at radius 2 is 2.14 bits per heavy atom. The van der Waals surface area contributed by atoms with Gasteiger partial charge in [0.25, 0.3) is 0 Å². The highest BCUT2D eigenvalue weighted by Gasteiger charge is 2.13. The molecule has 4 nitrogen and oxygen atoms in total. The minimum Gasteiger partial charge on any atom is -0.493 e. The number of fused-ring (bicyclic) bond motifs is 2. The zero-order valence-electron chi connectivity index (χ0n) is 12.1. The molecule has 3 aromatic rings. The van der Waals surface area contributed by atoms with Crippen molar-refractivity contribution in [3.8, 4) is 5.75 Å². The second-order valence-corrected chi connectivity index (χ2v) is 5.51. The van der Waals surface area contributed by atoms with Crippen LogP contribution in [0.3, 0.4) is 0 Å². The molecule has 1 amide bonds. The number of aromatic nitrogens is 1. The van der Waals surface area contributed by atoms with E-state index in [0.29, 0.717) is 6.42 Å². The van der Waals surface area contributed by atoms with Crippen LogP contribution in [0.4, 0.5) is 5.69 Å². The molecular formula is C18H16N2O2. The van der Waals surface area contributed by atoms with Crippen LogP contribution in [0, 0.1) is 0 Å². The summed E-state index contributed by atoms with van der Waals surface area (Å²) in [7, 11) is 0. The minimum atomic E-state index is -0.0105. The molecular weight excluding hydrogens is 276 g/mol. The van der Waals surface area contributed by atoms with Crippen molar-refractivity contribution in [2.45, 2.75) is 12.8 Å². The zero-order chi connectivity index (χ0) is 14.9. The van der Waals surface area contributed by atoms with Gasteiger partial charge in [-0.3, -0.25) is 4.79 Å². The number of nitrogens with one attached hydrogen (secondary N) is 2. The van der Waals surface area contributed by atoms with Crippen molar-refractivity contribution in [2.75, 3.05) is 11.9 Å². The monoisotopic (exact) mass is 292 g/mol. The van der Waals surface area contributed by atoms with Gasteiger partial charge in [0.1, 0.15) is 5.75 Å². The lowest BCUT2D eigenvalue weighted by atomic mass is 10.1. The molecule has 4 rings (SSSR count). The van der Waals surface area contributed by atoms with Gasteiger partial charge in [0, 0.05) is 29.2 Å². The highest BCUT2D eigenvalue weighted by atomic mass is 16.5. The number of ether oxygens (including phenoxy) is 1. The number of carbonyl (C=O) groups is 1. The van der Waals surface area contributed by atoms with Gasteiger partial charge in [0.05, 0.1) is 13.0 Å². The molecule has 0 aliphatic carbocycles. The molecule has 1 aromatic heterocycles. The maximum absolute atomic E-state index is 12.3. The third-order valence-corrected chi connectivity index (χ3v) is 4.00. The van der Waals surface area contributed by atoms with Crippen LogP contribution in [-0.2, 0) is 17.6 Å². The van der Waals surface area contributed by atoms with Crippen molar-refractivity contribution in [1.29, 1.82) is 0 Å². The van der Waals surface area contributed by atoms with Crippen LogP contribution >= 0.6 is 0 Å². The predicted octanol–water partition coefficient (Wildman–Crippen LogP) is 3.28. The Bertz CT molecular complexity index is 851. The first kappa shape index (κ1) is 13.0. The fourth-order valence-corrected chi connectivity index (χ4v) is 2.92. The molecule has 0 saturated carbocycles. The lowest BCUT2D eigenvalue weighted by molar-refractivity contribution is -0.115. The molecule has 22 heavy (non-hydrogen) atoms. The number of aromatic amines is 1. The fraction of sp³-hybridized carbons (Fsp3) is 0.167. The van der Waals surface area contributed by atoms with E-state index in [-0.39, 0.29) is 5.91 Å². The van der Waals surface area contributed by atoms with Crippen LogP contribution < -0.4 is 10.1 Å². The lowest BCUT2D eigenvalue weighted by Gasteiger charge is -2.06. The van der Waals surface area contributed by atoms with Crippen LogP contribution in [0.25, 0.3) is 10.9 Å². The maximum Gasteiger partial charge on any atom is 0.228 e. The molecule has 2 heterocycles. The summed E-state index contributed by atoms with van der Waals surface area (Å²) in [6.07, 6.45) is 3.17. The summed E-state index contributed by atoms with van der Waals surface area (Å²) < 4.78 is 5.48. The summed E-state index contributed by atoms with van der Waals surface area (Å²) in [5.41, 5.74) is 4.05. The van der Waals surface area contributed by atoms with Crippen LogP contribution in [0.15, 0.2) is 48.7 Å². The molecule has 1 aliphatic rings. The first-order valence-corrected chi connectivity index (χ1v) is 7.40. The van der Waals surface area contributed by atoms with Gasteiger partial charge in [-0.15, -0.1) is 0 Å². The van der Waals surface area contributed by atoms with Gasteiger partial charge in [-0.05, 0) is 35.4 Å². The van der Waals surface area contributed by atoms with Crippen molar-refractivity contribution in [2.24, 2.45) is 0 Å². The van der Waals surface area contributed by atoms with E-state index in [2.05, 4.69) is 10.3 Å². The molecule has 0 unspecified atom stereocenters. The normalized spacial score (nSPS) is 12.9. The number of anilines is 1. The molecule has 2 N–H and O–H groups in total. The topological polar surface area (TPSA) is 54.1 Å². The third-order valence-electron chi connectivity index (χ3n) is 4.00. The van der Waals surface area contributed by atoms with Crippen molar-refractivity contribution in [3.63, 3.8) is 0 Å². The first-order chi connectivity index (χ1) is 10.8. The van der Waals surface area contributed by atoms with E-state index >= 15 is 0 Å². The largest absolute Gasteiger partial charge is 0.493 e. The Morgan fingerprint density at radius 3 is 3.09 bits per heavy atom. The number of hydrogen-bond acceptors (Lipinski definition) is 2. The molecule has 0 atom stereocenters. The van der Waals surface area contributed by atoms with Crippen molar-refractivity contribution in [3.05, 3.63) is 59.8 Å². The van der Waals surface area contributed by atoms with Gasteiger partial charge >= 0.3 is 0 Å². The number of carbonyl (C=O) groups excluding carboxylic acids is 1. The smallest absolute Gasteiger partial charge is 0.228 e. The van der Waals surface area contributed by atoms with E-state index in [0.717, 1.165) is 46.5 Å². The Balaban J connectivity index is 1.51. The number of hydrogen-bond donors (Lipinski definition) is 2. The van der Waals surface area contributed by atoms with E-state index in [1.807, 2.05) is 48.7 Å². The van der Waals surface area contributed by atoms with Gasteiger partial charge in [-0.1, -0.05) is 18.2 Å². The molecule has 0 fully saturated rings. The van der Waals surface area contributed by atoms with E-state index in [1.165, 1.54) is 0 Å². The summed E-state index contributed by atoms with van der Waals surface area (Å²) in [5, 5.41) is 4.06. The fourth-order valence-electron chi connectivity index (χ4n) is 2.92. The van der Waals surface area contributed by atoms with Crippen molar-refractivity contribution in [1.82, 2.24) is 4.98 Å².